The zero-order valence-corrected chi connectivity index (χ0v) is 14.3. The van der Waals surface area contributed by atoms with Gasteiger partial charge in [-0.15, -0.1) is 0 Å². The highest BCUT2D eigenvalue weighted by molar-refractivity contribution is 7.89. The number of aromatic nitrogens is 3. The largest absolute Gasteiger partial charge is 0.271 e. The maximum atomic E-state index is 12.3. The monoisotopic (exact) mass is 373 g/mol. The minimum atomic E-state index is -3.84. The summed E-state index contributed by atoms with van der Waals surface area (Å²) in [5.41, 5.74) is 1.40. The fraction of sp³-hybridized carbons (Fsp3) is 0.125. The van der Waals surface area contributed by atoms with Crippen LogP contribution in [0.4, 0.5) is 5.69 Å². The fourth-order valence-corrected chi connectivity index (χ4v) is 3.37. The van der Waals surface area contributed by atoms with Gasteiger partial charge in [0.15, 0.2) is 0 Å². The highest BCUT2D eigenvalue weighted by Gasteiger charge is 2.17. The van der Waals surface area contributed by atoms with E-state index in [9.17, 15) is 18.5 Å². The number of rotatable bonds is 7. The summed E-state index contributed by atoms with van der Waals surface area (Å²) in [7, 11) is -3.84. The van der Waals surface area contributed by atoms with Gasteiger partial charge in [0, 0.05) is 42.8 Å². The normalized spacial score (nSPS) is 11.4. The van der Waals surface area contributed by atoms with E-state index in [-0.39, 0.29) is 17.1 Å². The third-order valence-corrected chi connectivity index (χ3v) is 5.05. The van der Waals surface area contributed by atoms with Crippen LogP contribution in [0.5, 0.6) is 0 Å². The van der Waals surface area contributed by atoms with Gasteiger partial charge < -0.3 is 0 Å². The third kappa shape index (κ3) is 4.10. The number of nitro groups is 1. The molecule has 0 aliphatic carbocycles. The number of nitrogens with zero attached hydrogens (tertiary/aromatic N) is 4. The number of sulfonamides is 1. The summed E-state index contributed by atoms with van der Waals surface area (Å²) in [6, 6.07) is 10.4. The standard InChI is InChI=1S/C16H15N5O4S/c22-21(23)14-2-1-3-15(12-14)26(24,25)18-9-11-20-10-6-16(19-20)13-4-7-17-8-5-13/h1-8,10,12,18H,9,11H2. The predicted octanol–water partition coefficient (Wildman–Crippen LogP) is 1.83. The van der Waals surface area contributed by atoms with Crippen molar-refractivity contribution in [1.29, 1.82) is 0 Å². The maximum absolute atomic E-state index is 12.3. The van der Waals surface area contributed by atoms with Gasteiger partial charge in [0.25, 0.3) is 5.69 Å². The predicted molar refractivity (Wildman–Crippen MR) is 93.7 cm³/mol. The molecular weight excluding hydrogens is 358 g/mol. The van der Waals surface area contributed by atoms with Crippen molar-refractivity contribution in [2.45, 2.75) is 11.4 Å². The summed E-state index contributed by atoms with van der Waals surface area (Å²) in [6.07, 6.45) is 5.08. The van der Waals surface area contributed by atoms with E-state index < -0.39 is 14.9 Å². The number of nitrogens with one attached hydrogen (secondary N) is 1. The van der Waals surface area contributed by atoms with Crippen molar-refractivity contribution in [3.63, 3.8) is 0 Å². The molecule has 26 heavy (non-hydrogen) atoms. The highest BCUT2D eigenvalue weighted by Crippen LogP contribution is 2.17. The van der Waals surface area contributed by atoms with Crippen molar-refractivity contribution in [3.05, 3.63) is 71.2 Å². The van der Waals surface area contributed by atoms with E-state index in [0.717, 1.165) is 17.3 Å². The number of nitro benzene ring substituents is 1. The van der Waals surface area contributed by atoms with Crippen molar-refractivity contribution < 1.29 is 13.3 Å². The van der Waals surface area contributed by atoms with Gasteiger partial charge in [-0.25, -0.2) is 13.1 Å². The number of hydrogen-bond donors (Lipinski definition) is 1. The van der Waals surface area contributed by atoms with Crippen LogP contribution in [0.15, 0.2) is 66.0 Å². The first-order valence-corrected chi connectivity index (χ1v) is 9.12. The number of non-ortho nitro benzene ring substituents is 1. The summed E-state index contributed by atoms with van der Waals surface area (Å²) in [4.78, 5) is 13.9. The van der Waals surface area contributed by atoms with E-state index in [4.69, 9.17) is 0 Å². The Kier molecular flexibility index (Phi) is 5.05. The Balaban J connectivity index is 1.63. The van der Waals surface area contributed by atoms with Gasteiger partial charge in [-0.3, -0.25) is 19.8 Å². The van der Waals surface area contributed by atoms with Crippen LogP contribution in [0.3, 0.4) is 0 Å². The number of pyridine rings is 1. The molecule has 3 aromatic rings. The minimum Gasteiger partial charge on any atom is -0.271 e. The van der Waals surface area contributed by atoms with Gasteiger partial charge in [-0.1, -0.05) is 6.07 Å². The van der Waals surface area contributed by atoms with Crippen LogP contribution >= 0.6 is 0 Å². The molecule has 1 N–H and O–H groups in total. The first kappa shape index (κ1) is 17.7. The first-order chi connectivity index (χ1) is 12.5. The quantitative estimate of drug-likeness (QED) is 0.498. The Bertz CT molecular complexity index is 1020. The van der Waals surface area contributed by atoms with Crippen molar-refractivity contribution in [2.75, 3.05) is 6.54 Å². The molecule has 0 spiro atoms. The molecule has 0 aliphatic heterocycles. The molecule has 0 unspecified atom stereocenters. The van der Waals surface area contributed by atoms with Crippen LogP contribution in [-0.4, -0.2) is 34.7 Å². The van der Waals surface area contributed by atoms with Crippen LogP contribution in [0.1, 0.15) is 0 Å². The van der Waals surface area contributed by atoms with E-state index in [0.29, 0.717) is 6.54 Å². The Morgan fingerprint density at radius 1 is 1.15 bits per heavy atom. The lowest BCUT2D eigenvalue weighted by atomic mass is 10.2. The molecule has 0 atom stereocenters. The Hall–Kier alpha value is -3.11. The van der Waals surface area contributed by atoms with E-state index in [1.807, 2.05) is 18.2 Å². The zero-order valence-electron chi connectivity index (χ0n) is 13.5. The molecule has 0 saturated carbocycles. The molecule has 2 aromatic heterocycles. The number of hydrogen-bond acceptors (Lipinski definition) is 6. The van der Waals surface area contributed by atoms with Crippen LogP contribution in [0, 0.1) is 10.1 Å². The summed E-state index contributed by atoms with van der Waals surface area (Å²) < 4.78 is 28.5. The van der Waals surface area contributed by atoms with E-state index >= 15 is 0 Å². The van der Waals surface area contributed by atoms with Gasteiger partial charge in [0.2, 0.25) is 10.0 Å². The average molecular weight is 373 g/mol. The molecule has 1 aromatic carbocycles. The van der Waals surface area contributed by atoms with Crippen molar-refractivity contribution in [3.8, 4) is 11.3 Å². The fourth-order valence-electron chi connectivity index (χ4n) is 2.30. The van der Waals surface area contributed by atoms with Crippen molar-refractivity contribution in [1.82, 2.24) is 19.5 Å². The third-order valence-electron chi connectivity index (χ3n) is 3.59. The van der Waals surface area contributed by atoms with Gasteiger partial charge in [0.1, 0.15) is 0 Å². The molecule has 0 saturated heterocycles. The Morgan fingerprint density at radius 2 is 1.92 bits per heavy atom. The van der Waals surface area contributed by atoms with E-state index in [1.54, 1.807) is 23.3 Å². The van der Waals surface area contributed by atoms with Gasteiger partial charge in [-0.2, -0.15) is 5.10 Å². The molecule has 2 heterocycles. The first-order valence-electron chi connectivity index (χ1n) is 7.64. The van der Waals surface area contributed by atoms with Crippen LogP contribution < -0.4 is 4.72 Å². The van der Waals surface area contributed by atoms with Crippen LogP contribution in [-0.2, 0) is 16.6 Å². The second-order valence-electron chi connectivity index (χ2n) is 5.35. The van der Waals surface area contributed by atoms with Crippen LogP contribution in [0.25, 0.3) is 11.3 Å². The summed E-state index contributed by atoms with van der Waals surface area (Å²) in [5, 5.41) is 15.1. The second-order valence-corrected chi connectivity index (χ2v) is 7.12. The molecule has 134 valence electrons. The lowest BCUT2D eigenvalue weighted by molar-refractivity contribution is -0.385. The summed E-state index contributed by atoms with van der Waals surface area (Å²) in [6.45, 7) is 0.418. The van der Waals surface area contributed by atoms with Crippen molar-refractivity contribution >= 4 is 15.7 Å². The Morgan fingerprint density at radius 3 is 2.65 bits per heavy atom. The Labute approximate surface area is 149 Å². The molecule has 3 rings (SSSR count). The lowest BCUT2D eigenvalue weighted by Gasteiger charge is -2.07. The average Bonchev–Trinajstić information content (AvgIpc) is 3.11. The van der Waals surface area contributed by atoms with Crippen LogP contribution in [0.2, 0.25) is 0 Å². The number of benzene rings is 1. The van der Waals surface area contributed by atoms with Crippen molar-refractivity contribution in [2.24, 2.45) is 0 Å². The second kappa shape index (κ2) is 7.42. The summed E-state index contributed by atoms with van der Waals surface area (Å²) >= 11 is 0. The molecule has 0 bridgehead atoms. The molecule has 0 radical (unpaired) electrons. The zero-order chi connectivity index (χ0) is 18.6. The molecule has 10 heteroatoms. The smallest absolute Gasteiger partial charge is 0.270 e. The molecule has 9 nitrogen and oxygen atoms in total. The van der Waals surface area contributed by atoms with Gasteiger partial charge >= 0.3 is 0 Å². The SMILES string of the molecule is O=[N+]([O-])c1cccc(S(=O)(=O)NCCn2ccc(-c3ccncc3)n2)c1. The molecule has 0 fully saturated rings. The van der Waals surface area contributed by atoms with Gasteiger partial charge in [0.05, 0.1) is 22.1 Å². The summed E-state index contributed by atoms with van der Waals surface area (Å²) in [5.74, 6) is 0. The van der Waals surface area contributed by atoms with Gasteiger partial charge in [-0.05, 0) is 24.3 Å². The lowest BCUT2D eigenvalue weighted by Crippen LogP contribution is -2.27. The molecular formula is C16H15N5O4S. The topological polar surface area (TPSA) is 120 Å². The minimum absolute atomic E-state index is 0.0997. The molecule has 0 amide bonds. The van der Waals surface area contributed by atoms with E-state index in [2.05, 4.69) is 14.8 Å². The van der Waals surface area contributed by atoms with E-state index in [1.165, 1.54) is 18.2 Å². The molecule has 0 aliphatic rings. The highest BCUT2D eigenvalue weighted by atomic mass is 32.2. The maximum Gasteiger partial charge on any atom is 0.270 e.